The number of carboxylic acids is 1. The number of rotatable bonds is 16. The van der Waals surface area contributed by atoms with Gasteiger partial charge in [-0.25, -0.2) is 0 Å². The zero-order valence-corrected chi connectivity index (χ0v) is 17.0. The molecule has 2 N–H and O–H groups in total. The summed E-state index contributed by atoms with van der Waals surface area (Å²) in [5.41, 5.74) is 0. The van der Waals surface area contributed by atoms with Crippen molar-refractivity contribution in [3.05, 3.63) is 48.6 Å². The molecule has 0 fully saturated rings. The minimum Gasteiger partial charge on any atom is -0.480 e. The van der Waals surface area contributed by atoms with E-state index in [0.29, 0.717) is 6.42 Å². The molecule has 0 rings (SSSR count). The van der Waals surface area contributed by atoms with Crippen LogP contribution in [0, 0.1) is 0 Å². The minimum absolute atomic E-state index is 0.209. The Bertz CT molecular complexity index is 504. The van der Waals surface area contributed by atoms with Crippen molar-refractivity contribution >= 4 is 11.9 Å². The van der Waals surface area contributed by atoms with Gasteiger partial charge < -0.3 is 10.4 Å². The van der Waals surface area contributed by atoms with Crippen molar-refractivity contribution in [1.29, 1.82) is 0 Å². The zero-order chi connectivity index (χ0) is 20.2. The molecule has 0 heterocycles. The lowest BCUT2D eigenvalue weighted by molar-refractivity contribution is -0.141. The number of aliphatic carboxylic acids is 1. The topological polar surface area (TPSA) is 66.4 Å². The van der Waals surface area contributed by atoms with Gasteiger partial charge in [0.1, 0.15) is 6.04 Å². The Kier molecular flexibility index (Phi) is 17.2. The zero-order valence-electron chi connectivity index (χ0n) is 17.0. The third-order valence-corrected chi connectivity index (χ3v) is 3.99. The molecule has 0 saturated carbocycles. The third kappa shape index (κ3) is 18.5. The van der Waals surface area contributed by atoms with Gasteiger partial charge in [-0.3, -0.25) is 9.59 Å². The highest BCUT2D eigenvalue weighted by atomic mass is 16.4. The van der Waals surface area contributed by atoms with Crippen molar-refractivity contribution in [2.75, 3.05) is 0 Å². The Hall–Kier alpha value is -2.10. The lowest BCUT2D eigenvalue weighted by Crippen LogP contribution is -2.38. The summed E-state index contributed by atoms with van der Waals surface area (Å²) in [5.74, 6) is -1.22. The summed E-state index contributed by atoms with van der Waals surface area (Å²) in [6, 6.07) is -0.826. The second-order valence-electron chi connectivity index (χ2n) is 6.63. The van der Waals surface area contributed by atoms with Crippen LogP contribution in [-0.4, -0.2) is 23.0 Å². The van der Waals surface area contributed by atoms with Crippen molar-refractivity contribution < 1.29 is 14.7 Å². The van der Waals surface area contributed by atoms with Gasteiger partial charge in [0.2, 0.25) is 5.91 Å². The van der Waals surface area contributed by atoms with Crippen LogP contribution in [0.15, 0.2) is 48.6 Å². The summed E-state index contributed by atoms with van der Waals surface area (Å²) < 4.78 is 0. The maximum absolute atomic E-state index is 11.5. The van der Waals surface area contributed by atoms with E-state index < -0.39 is 12.0 Å². The molecule has 1 unspecified atom stereocenters. The lowest BCUT2D eigenvalue weighted by Gasteiger charge is -2.08. The van der Waals surface area contributed by atoms with E-state index in [1.807, 2.05) is 0 Å². The Balaban J connectivity index is 3.57. The monoisotopic (exact) mass is 375 g/mol. The van der Waals surface area contributed by atoms with Gasteiger partial charge in [0.05, 0.1) is 0 Å². The van der Waals surface area contributed by atoms with Crippen molar-refractivity contribution in [1.82, 2.24) is 5.32 Å². The molecule has 4 heteroatoms. The van der Waals surface area contributed by atoms with E-state index in [1.165, 1.54) is 32.6 Å². The maximum atomic E-state index is 11.5. The fraction of sp³-hybridized carbons (Fsp3) is 0.565. The second-order valence-corrected chi connectivity index (χ2v) is 6.63. The van der Waals surface area contributed by atoms with Crippen LogP contribution >= 0.6 is 0 Å². The largest absolute Gasteiger partial charge is 0.480 e. The smallest absolute Gasteiger partial charge is 0.325 e. The first-order valence-electron chi connectivity index (χ1n) is 10.2. The Morgan fingerprint density at radius 1 is 0.852 bits per heavy atom. The molecule has 0 aromatic heterocycles. The molecule has 0 spiro atoms. The van der Waals surface area contributed by atoms with Gasteiger partial charge in [-0.2, -0.15) is 0 Å². The van der Waals surface area contributed by atoms with Crippen molar-refractivity contribution in [3.8, 4) is 0 Å². The number of amides is 1. The van der Waals surface area contributed by atoms with Gasteiger partial charge in [-0.05, 0) is 51.9 Å². The summed E-state index contributed by atoms with van der Waals surface area (Å²) >= 11 is 0. The molecule has 0 saturated heterocycles. The number of carbonyl (C=O) groups is 2. The van der Waals surface area contributed by atoms with Crippen LogP contribution in [0.4, 0.5) is 0 Å². The standard InChI is InChI=1S/C23H37NO3/c1-3-4-5-6-7-8-9-10-11-12-13-14-15-16-17-18-19-20-22(25)24-21(2)23(26)27/h7-8,11-14,16-17,21H,3-6,9-10,15,18-20H2,1-2H3,(H,24,25)(H,26,27). The molecule has 27 heavy (non-hydrogen) atoms. The first kappa shape index (κ1) is 24.9. The number of carbonyl (C=O) groups excluding carboxylic acids is 1. The summed E-state index contributed by atoms with van der Waals surface area (Å²) in [4.78, 5) is 22.1. The molecule has 0 radical (unpaired) electrons. The first-order chi connectivity index (χ1) is 13.1. The highest BCUT2D eigenvalue weighted by Gasteiger charge is 2.12. The van der Waals surface area contributed by atoms with Crippen LogP contribution in [0.2, 0.25) is 0 Å². The highest BCUT2D eigenvalue weighted by Crippen LogP contribution is 2.02. The van der Waals surface area contributed by atoms with Gasteiger partial charge in [-0.15, -0.1) is 0 Å². The van der Waals surface area contributed by atoms with E-state index in [2.05, 4.69) is 60.8 Å². The average molecular weight is 376 g/mol. The van der Waals surface area contributed by atoms with Gasteiger partial charge in [0, 0.05) is 6.42 Å². The Morgan fingerprint density at radius 2 is 1.48 bits per heavy atom. The number of nitrogens with one attached hydrogen (secondary N) is 1. The van der Waals surface area contributed by atoms with Crippen LogP contribution in [0.3, 0.4) is 0 Å². The highest BCUT2D eigenvalue weighted by molar-refractivity contribution is 5.83. The number of unbranched alkanes of at least 4 members (excludes halogenated alkanes) is 5. The lowest BCUT2D eigenvalue weighted by atomic mass is 10.2. The van der Waals surface area contributed by atoms with Crippen molar-refractivity contribution in [2.24, 2.45) is 0 Å². The van der Waals surface area contributed by atoms with E-state index in [0.717, 1.165) is 32.1 Å². The summed E-state index contributed by atoms with van der Waals surface area (Å²) in [7, 11) is 0. The van der Waals surface area contributed by atoms with E-state index in [9.17, 15) is 9.59 Å². The molecule has 1 amide bonds. The molecule has 4 nitrogen and oxygen atoms in total. The van der Waals surface area contributed by atoms with Gasteiger partial charge >= 0.3 is 5.97 Å². The molecule has 1 atom stereocenters. The molecule has 0 aliphatic heterocycles. The molecular formula is C23H37NO3. The van der Waals surface area contributed by atoms with Crippen molar-refractivity contribution in [3.63, 3.8) is 0 Å². The molecule has 152 valence electrons. The molecular weight excluding hydrogens is 338 g/mol. The number of carboxylic acid groups (broad SMARTS) is 1. The number of allylic oxidation sites excluding steroid dienone is 8. The van der Waals surface area contributed by atoms with Crippen LogP contribution in [0.1, 0.15) is 78.1 Å². The third-order valence-electron chi connectivity index (χ3n) is 3.99. The van der Waals surface area contributed by atoms with Crippen LogP contribution in [0.5, 0.6) is 0 Å². The predicted octanol–water partition coefficient (Wildman–Crippen LogP) is 5.72. The van der Waals surface area contributed by atoms with Gasteiger partial charge in [-0.1, -0.05) is 68.4 Å². The normalized spacial score (nSPS) is 13.3. The Labute approximate surface area is 165 Å². The number of hydrogen-bond acceptors (Lipinski definition) is 2. The molecule has 0 bridgehead atoms. The quantitative estimate of drug-likeness (QED) is 0.206. The Morgan fingerprint density at radius 3 is 2.22 bits per heavy atom. The maximum Gasteiger partial charge on any atom is 0.325 e. The van der Waals surface area contributed by atoms with Crippen LogP contribution < -0.4 is 5.32 Å². The first-order valence-corrected chi connectivity index (χ1v) is 10.2. The second kappa shape index (κ2) is 18.7. The minimum atomic E-state index is -1.01. The van der Waals surface area contributed by atoms with E-state index in [-0.39, 0.29) is 5.91 Å². The molecule has 0 aliphatic carbocycles. The fourth-order valence-corrected chi connectivity index (χ4v) is 2.32. The van der Waals surface area contributed by atoms with E-state index in [1.54, 1.807) is 0 Å². The summed E-state index contributed by atoms with van der Waals surface area (Å²) in [5, 5.41) is 11.2. The van der Waals surface area contributed by atoms with E-state index >= 15 is 0 Å². The van der Waals surface area contributed by atoms with Crippen molar-refractivity contribution in [2.45, 2.75) is 84.1 Å². The van der Waals surface area contributed by atoms with Gasteiger partial charge in [0.25, 0.3) is 0 Å². The fourth-order valence-electron chi connectivity index (χ4n) is 2.32. The number of hydrogen-bond donors (Lipinski definition) is 2. The van der Waals surface area contributed by atoms with E-state index in [4.69, 9.17) is 5.11 Å². The summed E-state index contributed by atoms with van der Waals surface area (Å²) in [6.07, 6.45) is 27.2. The van der Waals surface area contributed by atoms with Gasteiger partial charge in [0.15, 0.2) is 0 Å². The summed E-state index contributed by atoms with van der Waals surface area (Å²) in [6.45, 7) is 3.69. The average Bonchev–Trinajstić information content (AvgIpc) is 2.64. The van der Waals surface area contributed by atoms with Crippen LogP contribution in [-0.2, 0) is 9.59 Å². The SMILES string of the molecule is CCCCCC=CCCC=CC=CCC=CCCCC(=O)NC(C)C(=O)O. The molecule has 0 aromatic rings. The predicted molar refractivity (Wildman–Crippen MR) is 114 cm³/mol. The molecule has 0 aliphatic rings. The molecule has 0 aromatic carbocycles. The van der Waals surface area contributed by atoms with Crippen LogP contribution in [0.25, 0.3) is 0 Å².